The van der Waals surface area contributed by atoms with Gasteiger partial charge in [-0.3, -0.25) is 9.59 Å². The van der Waals surface area contributed by atoms with Crippen molar-refractivity contribution < 1.29 is 9.59 Å². The Morgan fingerprint density at radius 2 is 1.82 bits per heavy atom. The van der Waals surface area contributed by atoms with Crippen LogP contribution in [0.15, 0.2) is 11.6 Å². The summed E-state index contributed by atoms with van der Waals surface area (Å²) in [5.41, 5.74) is 1.67. The summed E-state index contributed by atoms with van der Waals surface area (Å²) < 4.78 is 0. The maximum Gasteiger partial charge on any atom is 0.220 e. The van der Waals surface area contributed by atoms with Crippen LogP contribution in [0.5, 0.6) is 0 Å². The second-order valence-corrected chi connectivity index (χ2v) is 8.51. The minimum Gasteiger partial charge on any atom is -0.351 e. The summed E-state index contributed by atoms with van der Waals surface area (Å²) in [5.74, 6) is 2.61. The van der Waals surface area contributed by atoms with Crippen LogP contribution in [-0.2, 0) is 9.59 Å². The van der Waals surface area contributed by atoms with Gasteiger partial charge < -0.3 is 5.32 Å². The molecule has 0 bridgehead atoms. The smallest absolute Gasteiger partial charge is 0.220 e. The molecule has 120 valence electrons. The molecule has 3 nitrogen and oxygen atoms in total. The van der Waals surface area contributed by atoms with Crippen molar-refractivity contribution in [3.63, 3.8) is 0 Å². The molecule has 0 aromatic rings. The van der Waals surface area contributed by atoms with E-state index in [4.69, 9.17) is 0 Å². The summed E-state index contributed by atoms with van der Waals surface area (Å²) in [7, 11) is 0. The van der Waals surface area contributed by atoms with Gasteiger partial charge >= 0.3 is 0 Å². The SMILES string of the molecule is C[C@]12CCC(=O)C=C1CC[C@@H]1[C@@H]2CC[C@]2(C)NC(=O)CC[C@@H]12. The van der Waals surface area contributed by atoms with E-state index < -0.39 is 0 Å². The van der Waals surface area contributed by atoms with Crippen molar-refractivity contribution in [1.82, 2.24) is 5.32 Å². The van der Waals surface area contributed by atoms with Gasteiger partial charge in [0.2, 0.25) is 5.91 Å². The predicted octanol–water partition coefficient (Wildman–Crippen LogP) is 3.39. The largest absolute Gasteiger partial charge is 0.351 e. The molecule has 1 amide bonds. The molecule has 1 aliphatic heterocycles. The van der Waals surface area contributed by atoms with Crippen molar-refractivity contribution in [2.45, 2.75) is 70.8 Å². The van der Waals surface area contributed by atoms with E-state index in [2.05, 4.69) is 19.2 Å². The molecule has 5 atom stereocenters. The summed E-state index contributed by atoms with van der Waals surface area (Å²) in [6, 6.07) is 0. The Morgan fingerprint density at radius 3 is 2.64 bits per heavy atom. The Bertz CT molecular complexity index is 566. The number of carbonyl (C=O) groups is 2. The first-order valence-corrected chi connectivity index (χ1v) is 8.97. The van der Waals surface area contributed by atoms with E-state index in [1.165, 1.54) is 18.4 Å². The summed E-state index contributed by atoms with van der Waals surface area (Å²) >= 11 is 0. The Kier molecular flexibility index (Phi) is 3.08. The molecule has 3 heteroatoms. The third kappa shape index (κ3) is 1.93. The first-order chi connectivity index (χ1) is 10.4. The lowest BCUT2D eigenvalue weighted by atomic mass is 9.47. The van der Waals surface area contributed by atoms with E-state index in [0.29, 0.717) is 24.0 Å². The topological polar surface area (TPSA) is 46.2 Å². The summed E-state index contributed by atoms with van der Waals surface area (Å²) in [6.07, 6.45) is 10.1. The number of nitrogens with one attached hydrogen (secondary N) is 1. The number of fused-ring (bicyclic) bond motifs is 5. The number of carbonyl (C=O) groups excluding carboxylic acids is 2. The normalized spacial score (nSPS) is 47.7. The van der Waals surface area contributed by atoms with Gasteiger partial charge in [-0.25, -0.2) is 0 Å². The minimum atomic E-state index is 0.0125. The zero-order chi connectivity index (χ0) is 15.5. The van der Waals surface area contributed by atoms with Crippen LogP contribution < -0.4 is 5.32 Å². The summed E-state index contributed by atoms with van der Waals surface area (Å²) in [5, 5.41) is 3.31. The van der Waals surface area contributed by atoms with E-state index >= 15 is 0 Å². The fourth-order valence-corrected chi connectivity index (χ4v) is 6.23. The second-order valence-electron chi connectivity index (χ2n) is 8.51. The van der Waals surface area contributed by atoms with Gasteiger partial charge in [-0.1, -0.05) is 12.5 Å². The standard InChI is InChI=1S/C19H27NO2/c1-18-9-7-13(21)11-12(18)3-4-14-15(18)8-10-19(2)16(14)5-6-17(22)20-19/h11,14-16H,3-10H2,1-2H3,(H,20,22)/t14-,15+,16+,18+,19+/m1/s1. The van der Waals surface area contributed by atoms with Crippen molar-refractivity contribution in [1.29, 1.82) is 0 Å². The molecule has 3 fully saturated rings. The molecule has 1 N–H and O–H groups in total. The van der Waals surface area contributed by atoms with Crippen LogP contribution in [0.3, 0.4) is 0 Å². The molecule has 3 aliphatic carbocycles. The average molecular weight is 301 g/mol. The van der Waals surface area contributed by atoms with Crippen molar-refractivity contribution in [2.75, 3.05) is 0 Å². The van der Waals surface area contributed by atoms with Gasteiger partial charge in [-0.15, -0.1) is 0 Å². The number of allylic oxidation sites excluding steroid dienone is 2. The minimum absolute atomic E-state index is 0.0125. The van der Waals surface area contributed by atoms with Crippen molar-refractivity contribution in [3.8, 4) is 0 Å². The van der Waals surface area contributed by atoms with E-state index in [-0.39, 0.29) is 16.9 Å². The van der Waals surface area contributed by atoms with Gasteiger partial charge in [0.1, 0.15) is 0 Å². The van der Waals surface area contributed by atoms with Gasteiger partial charge in [-0.2, -0.15) is 0 Å². The maximum absolute atomic E-state index is 11.9. The van der Waals surface area contributed by atoms with E-state index in [9.17, 15) is 9.59 Å². The number of hydrogen-bond donors (Lipinski definition) is 1. The molecular weight excluding hydrogens is 274 g/mol. The Labute approximate surface area is 132 Å². The quantitative estimate of drug-likeness (QED) is 0.745. The van der Waals surface area contributed by atoms with Gasteiger partial charge in [0.15, 0.2) is 5.78 Å². The number of ketones is 1. The summed E-state index contributed by atoms with van der Waals surface area (Å²) in [6.45, 7) is 4.68. The molecule has 0 aromatic heterocycles. The highest BCUT2D eigenvalue weighted by Crippen LogP contribution is 2.60. The maximum atomic E-state index is 11.9. The zero-order valence-corrected chi connectivity index (χ0v) is 13.8. The molecular formula is C19H27NO2. The highest BCUT2D eigenvalue weighted by Gasteiger charge is 2.56. The fourth-order valence-electron chi connectivity index (χ4n) is 6.23. The van der Waals surface area contributed by atoms with Crippen LogP contribution in [-0.4, -0.2) is 17.2 Å². The van der Waals surface area contributed by atoms with Crippen molar-refractivity contribution in [3.05, 3.63) is 11.6 Å². The number of amides is 1. The average Bonchev–Trinajstić information content (AvgIpc) is 2.46. The van der Waals surface area contributed by atoms with Crippen molar-refractivity contribution >= 4 is 11.7 Å². The first kappa shape index (κ1) is 14.5. The van der Waals surface area contributed by atoms with Crippen LogP contribution in [0.4, 0.5) is 0 Å². The second kappa shape index (κ2) is 4.69. The first-order valence-electron chi connectivity index (χ1n) is 8.97. The molecule has 0 unspecified atom stereocenters. The predicted molar refractivity (Wildman–Crippen MR) is 85.2 cm³/mol. The monoisotopic (exact) mass is 301 g/mol. The Morgan fingerprint density at radius 1 is 1.00 bits per heavy atom. The van der Waals surface area contributed by atoms with Gasteiger partial charge in [-0.05, 0) is 74.7 Å². The fraction of sp³-hybridized carbons (Fsp3) is 0.789. The Balaban J connectivity index is 1.67. The molecule has 4 aliphatic rings. The highest BCUT2D eigenvalue weighted by atomic mass is 16.1. The molecule has 1 heterocycles. The molecule has 1 saturated heterocycles. The van der Waals surface area contributed by atoms with Gasteiger partial charge in [0.05, 0.1) is 0 Å². The van der Waals surface area contributed by atoms with E-state index in [1.807, 2.05) is 6.08 Å². The van der Waals surface area contributed by atoms with Crippen LogP contribution in [0.2, 0.25) is 0 Å². The highest BCUT2D eigenvalue weighted by molar-refractivity contribution is 5.91. The number of rotatable bonds is 0. The lowest BCUT2D eigenvalue weighted by Crippen LogP contribution is -2.62. The van der Waals surface area contributed by atoms with Crippen molar-refractivity contribution in [2.24, 2.45) is 23.2 Å². The molecule has 0 aromatic carbocycles. The molecule has 0 spiro atoms. The zero-order valence-electron chi connectivity index (χ0n) is 13.8. The summed E-state index contributed by atoms with van der Waals surface area (Å²) in [4.78, 5) is 23.7. The Hall–Kier alpha value is -1.12. The lowest BCUT2D eigenvalue weighted by molar-refractivity contribution is -0.132. The number of hydrogen-bond acceptors (Lipinski definition) is 2. The van der Waals surface area contributed by atoms with Crippen LogP contribution in [0.25, 0.3) is 0 Å². The van der Waals surface area contributed by atoms with E-state index in [0.717, 1.165) is 38.0 Å². The third-order valence-electron chi connectivity index (χ3n) is 7.46. The van der Waals surface area contributed by atoms with E-state index in [1.54, 1.807) is 0 Å². The van der Waals surface area contributed by atoms with Crippen LogP contribution >= 0.6 is 0 Å². The molecule has 0 radical (unpaired) electrons. The molecule has 22 heavy (non-hydrogen) atoms. The van der Waals surface area contributed by atoms with Gasteiger partial charge in [0, 0.05) is 18.4 Å². The van der Waals surface area contributed by atoms with Crippen LogP contribution in [0.1, 0.15) is 65.2 Å². The molecule has 2 saturated carbocycles. The molecule has 4 rings (SSSR count). The number of piperidine rings is 1. The van der Waals surface area contributed by atoms with Crippen LogP contribution in [0, 0.1) is 23.2 Å². The third-order valence-corrected chi connectivity index (χ3v) is 7.46. The lowest BCUT2D eigenvalue weighted by Gasteiger charge is -2.59. The van der Waals surface area contributed by atoms with Gasteiger partial charge in [0.25, 0.3) is 0 Å².